The van der Waals surface area contributed by atoms with Crippen LogP contribution in [-0.4, -0.2) is 0 Å². The Bertz CT molecular complexity index is 2450. The van der Waals surface area contributed by atoms with Crippen molar-refractivity contribution in [3.8, 4) is 45.5 Å². The van der Waals surface area contributed by atoms with Crippen LogP contribution in [0.3, 0.4) is 0 Å². The smallest absolute Gasteiger partial charge is 0.0998 e. The summed E-state index contributed by atoms with van der Waals surface area (Å²) in [5.74, 6) is 0. The lowest BCUT2D eigenvalue weighted by Crippen LogP contribution is -1.90. The third-order valence-electron chi connectivity index (χ3n) is 7.98. The summed E-state index contributed by atoms with van der Waals surface area (Å²) in [6.07, 6.45) is 0. The molecule has 0 atom stereocenters. The number of hydrogen-bond donors (Lipinski definition) is 0. The zero-order valence-corrected chi connectivity index (χ0v) is 23.9. The molecule has 0 aliphatic carbocycles. The van der Waals surface area contributed by atoms with E-state index in [-0.39, 0.29) is 0 Å². The maximum Gasteiger partial charge on any atom is 0.0998 e. The van der Waals surface area contributed by atoms with E-state index in [1.807, 2.05) is 53.8 Å². The number of benzene rings is 6. The largest absolute Gasteiger partial charge is 0.192 e. The highest BCUT2D eigenvalue weighted by Gasteiger charge is 2.16. The van der Waals surface area contributed by atoms with E-state index in [1.54, 1.807) is 11.3 Å². The second-order valence-electron chi connectivity index (χ2n) is 10.4. The van der Waals surface area contributed by atoms with Gasteiger partial charge in [0.15, 0.2) is 0 Å². The second-order valence-corrected chi connectivity index (χ2v) is 12.5. The average molecular weight is 569 g/mol. The van der Waals surface area contributed by atoms with E-state index in [4.69, 9.17) is 0 Å². The predicted molar refractivity (Wildman–Crippen MR) is 178 cm³/mol. The zero-order chi connectivity index (χ0) is 28.2. The molecule has 0 aliphatic rings. The summed E-state index contributed by atoms with van der Waals surface area (Å²) < 4.78 is 4.93. The van der Waals surface area contributed by atoms with Crippen molar-refractivity contribution in [3.63, 3.8) is 0 Å². The minimum absolute atomic E-state index is 0.649. The van der Waals surface area contributed by atoms with Gasteiger partial charge in [0.25, 0.3) is 0 Å². The van der Waals surface area contributed by atoms with Crippen molar-refractivity contribution in [2.24, 2.45) is 0 Å². The van der Waals surface area contributed by atoms with Crippen LogP contribution in [0.5, 0.6) is 0 Å². The fraction of sp³-hybridized carbons (Fsp3) is 0. The summed E-state index contributed by atoms with van der Waals surface area (Å²) >= 11 is 3.56. The summed E-state index contributed by atoms with van der Waals surface area (Å²) in [6.45, 7) is 0. The molecule has 0 N–H and O–H groups in total. The highest BCUT2D eigenvalue weighted by Crippen LogP contribution is 2.42. The standard InChI is InChI=1S/C38H20N2S2/c39-21-23-9-14-36-32(17-23)34-20-26(12-16-38(34)42-36)29-13-10-24(18-31(29)28-6-2-1-5-27(28)22-40)25-11-15-37-33(19-25)30-7-3-4-8-35(30)41-37/h1-20H. The van der Waals surface area contributed by atoms with Gasteiger partial charge in [0.2, 0.25) is 0 Å². The van der Waals surface area contributed by atoms with Gasteiger partial charge < -0.3 is 0 Å². The number of fused-ring (bicyclic) bond motifs is 6. The molecule has 0 fully saturated rings. The first-order chi connectivity index (χ1) is 20.7. The van der Waals surface area contributed by atoms with Crippen molar-refractivity contribution in [1.82, 2.24) is 0 Å². The van der Waals surface area contributed by atoms with Gasteiger partial charge in [-0.2, -0.15) is 10.5 Å². The van der Waals surface area contributed by atoms with Gasteiger partial charge in [-0.05, 0) is 88.5 Å². The Morgan fingerprint density at radius 3 is 1.81 bits per heavy atom. The normalized spacial score (nSPS) is 11.3. The molecule has 0 spiro atoms. The van der Waals surface area contributed by atoms with Crippen LogP contribution in [0.2, 0.25) is 0 Å². The first kappa shape index (κ1) is 24.5. The predicted octanol–water partition coefficient (Wildman–Crippen LogP) is 11.2. The van der Waals surface area contributed by atoms with E-state index in [0.717, 1.165) is 44.2 Å². The van der Waals surface area contributed by atoms with E-state index in [0.29, 0.717) is 11.1 Å². The van der Waals surface area contributed by atoms with Gasteiger partial charge in [0, 0.05) is 45.9 Å². The van der Waals surface area contributed by atoms with Crippen LogP contribution >= 0.6 is 22.7 Å². The molecule has 0 aliphatic heterocycles. The minimum Gasteiger partial charge on any atom is -0.192 e. The van der Waals surface area contributed by atoms with Crippen molar-refractivity contribution >= 4 is 63.0 Å². The van der Waals surface area contributed by atoms with Crippen LogP contribution in [0, 0.1) is 22.7 Å². The van der Waals surface area contributed by atoms with Crippen molar-refractivity contribution in [3.05, 3.63) is 132 Å². The fourth-order valence-corrected chi connectivity index (χ4v) is 8.09. The van der Waals surface area contributed by atoms with Crippen LogP contribution < -0.4 is 0 Å². The molecule has 194 valence electrons. The number of nitrogens with zero attached hydrogens (tertiary/aromatic N) is 2. The van der Waals surface area contributed by atoms with Crippen LogP contribution in [0.15, 0.2) is 121 Å². The van der Waals surface area contributed by atoms with Crippen molar-refractivity contribution < 1.29 is 0 Å². The summed E-state index contributed by atoms with van der Waals surface area (Å²) in [4.78, 5) is 0. The quantitative estimate of drug-likeness (QED) is 0.213. The molecule has 0 radical (unpaired) electrons. The highest BCUT2D eigenvalue weighted by molar-refractivity contribution is 7.26. The second kappa shape index (κ2) is 9.68. The molecule has 2 heterocycles. The van der Waals surface area contributed by atoms with Crippen molar-refractivity contribution in [1.29, 1.82) is 10.5 Å². The molecule has 8 aromatic rings. The molecule has 8 rings (SSSR count). The number of hydrogen-bond acceptors (Lipinski definition) is 4. The molecule has 0 saturated carbocycles. The molecule has 0 bridgehead atoms. The maximum atomic E-state index is 10.0. The van der Waals surface area contributed by atoms with Gasteiger partial charge in [-0.15, -0.1) is 22.7 Å². The van der Waals surface area contributed by atoms with Gasteiger partial charge >= 0.3 is 0 Å². The first-order valence-electron chi connectivity index (χ1n) is 13.6. The highest BCUT2D eigenvalue weighted by atomic mass is 32.1. The van der Waals surface area contributed by atoms with Gasteiger partial charge in [0.1, 0.15) is 0 Å². The minimum atomic E-state index is 0.649. The Labute approximate surface area is 250 Å². The third-order valence-corrected chi connectivity index (χ3v) is 10.3. The summed E-state index contributed by atoms with van der Waals surface area (Å²) in [5.41, 5.74) is 7.67. The van der Waals surface area contributed by atoms with Crippen molar-refractivity contribution in [2.45, 2.75) is 0 Å². The summed E-state index contributed by atoms with van der Waals surface area (Å²) in [5, 5.41) is 24.3. The molecule has 4 heteroatoms. The Morgan fingerprint density at radius 2 is 1.00 bits per heavy atom. The van der Waals surface area contributed by atoms with Crippen LogP contribution in [0.25, 0.3) is 73.7 Å². The lowest BCUT2D eigenvalue weighted by atomic mass is 9.88. The SMILES string of the molecule is N#Cc1ccc2sc3ccc(-c4ccc(-c5ccc6sc7ccccc7c6c5)cc4-c4ccccc4C#N)cc3c2c1. The topological polar surface area (TPSA) is 47.6 Å². The Hall–Kier alpha value is -5.26. The summed E-state index contributed by atoms with van der Waals surface area (Å²) in [6, 6.07) is 46.9. The molecule has 2 nitrogen and oxygen atoms in total. The molecule has 6 aromatic carbocycles. The molecule has 42 heavy (non-hydrogen) atoms. The summed E-state index contributed by atoms with van der Waals surface area (Å²) in [7, 11) is 0. The number of rotatable bonds is 3. The van der Waals surface area contributed by atoms with Crippen LogP contribution in [0.1, 0.15) is 11.1 Å². The lowest BCUT2D eigenvalue weighted by molar-refractivity contribution is 1.48. The molecule has 0 amide bonds. The van der Waals surface area contributed by atoms with Gasteiger partial charge in [-0.25, -0.2) is 0 Å². The molecular formula is C38H20N2S2. The molecular weight excluding hydrogens is 549 g/mol. The van der Waals surface area contributed by atoms with Gasteiger partial charge in [-0.1, -0.05) is 60.7 Å². The van der Waals surface area contributed by atoms with E-state index in [2.05, 4.69) is 91.0 Å². The van der Waals surface area contributed by atoms with Crippen LogP contribution in [0.4, 0.5) is 0 Å². The van der Waals surface area contributed by atoms with Gasteiger partial charge in [-0.3, -0.25) is 0 Å². The third kappa shape index (κ3) is 3.90. The Morgan fingerprint density at radius 1 is 0.405 bits per heavy atom. The van der Waals surface area contributed by atoms with E-state index >= 15 is 0 Å². The van der Waals surface area contributed by atoms with Crippen LogP contribution in [-0.2, 0) is 0 Å². The molecule has 0 unspecified atom stereocenters. The first-order valence-corrected chi connectivity index (χ1v) is 15.3. The van der Waals surface area contributed by atoms with E-state index in [9.17, 15) is 10.5 Å². The average Bonchev–Trinajstić information content (AvgIpc) is 3.61. The number of thiophene rings is 2. The zero-order valence-electron chi connectivity index (χ0n) is 22.3. The Balaban J connectivity index is 1.35. The Kier molecular flexibility index (Phi) is 5.66. The van der Waals surface area contributed by atoms with Gasteiger partial charge in [0.05, 0.1) is 23.3 Å². The monoisotopic (exact) mass is 568 g/mol. The maximum absolute atomic E-state index is 10.0. The molecule has 2 aromatic heterocycles. The van der Waals surface area contributed by atoms with E-state index in [1.165, 1.54) is 29.6 Å². The van der Waals surface area contributed by atoms with E-state index < -0.39 is 0 Å². The van der Waals surface area contributed by atoms with Crippen molar-refractivity contribution in [2.75, 3.05) is 0 Å². The lowest BCUT2D eigenvalue weighted by Gasteiger charge is -2.15. The fourth-order valence-electron chi connectivity index (χ4n) is 5.93. The molecule has 0 saturated heterocycles. The number of nitriles is 2.